The van der Waals surface area contributed by atoms with E-state index in [2.05, 4.69) is 33.8 Å². The van der Waals surface area contributed by atoms with E-state index in [1.165, 1.54) is 38.5 Å². The summed E-state index contributed by atoms with van der Waals surface area (Å²) in [6.45, 7) is 9.68. The number of hydrogen-bond donors (Lipinski definition) is 1. The molecule has 0 heterocycles. The van der Waals surface area contributed by atoms with Crippen LogP contribution >= 0.6 is 0 Å². The number of fused-ring (bicyclic) bond motifs is 5. The highest BCUT2D eigenvalue weighted by atomic mass is 16.3. The van der Waals surface area contributed by atoms with E-state index in [0.29, 0.717) is 16.7 Å². The maximum Gasteiger partial charge on any atom is 0.120 e. The van der Waals surface area contributed by atoms with Gasteiger partial charge in [0, 0.05) is 6.42 Å². The average Bonchev–Trinajstić information content (AvgIpc) is 3.04. The third-order valence-electron chi connectivity index (χ3n) is 10.4. The van der Waals surface area contributed by atoms with Crippen LogP contribution in [0.25, 0.3) is 0 Å². The average molecular weight is 387 g/mol. The Balaban J connectivity index is 1.56. The summed E-state index contributed by atoms with van der Waals surface area (Å²) in [7, 11) is 0. The summed E-state index contributed by atoms with van der Waals surface area (Å²) < 4.78 is 0. The van der Waals surface area contributed by atoms with Gasteiger partial charge >= 0.3 is 0 Å². The van der Waals surface area contributed by atoms with Gasteiger partial charge in [0.05, 0.1) is 5.60 Å². The van der Waals surface area contributed by atoms with Crippen molar-refractivity contribution < 1.29 is 9.90 Å². The van der Waals surface area contributed by atoms with Crippen molar-refractivity contribution in [1.82, 2.24) is 0 Å². The number of aldehydes is 1. The van der Waals surface area contributed by atoms with Crippen molar-refractivity contribution in [3.8, 4) is 0 Å². The molecule has 8 atom stereocenters. The largest absolute Gasteiger partial charge is 0.390 e. The van der Waals surface area contributed by atoms with Crippen LogP contribution < -0.4 is 0 Å². The van der Waals surface area contributed by atoms with Gasteiger partial charge in [0.1, 0.15) is 6.29 Å². The third kappa shape index (κ3) is 3.04. The van der Waals surface area contributed by atoms with Gasteiger partial charge in [-0.2, -0.15) is 0 Å². The second-order valence-electron chi connectivity index (χ2n) is 11.5. The van der Waals surface area contributed by atoms with Gasteiger partial charge < -0.3 is 9.90 Å². The Morgan fingerprint density at radius 3 is 2.68 bits per heavy atom. The normalized spacial score (nSPS) is 48.8. The molecule has 0 bridgehead atoms. The van der Waals surface area contributed by atoms with Crippen molar-refractivity contribution in [3.63, 3.8) is 0 Å². The minimum absolute atomic E-state index is 0.326. The molecular formula is C26H42O2. The van der Waals surface area contributed by atoms with Gasteiger partial charge in [0.15, 0.2) is 0 Å². The first-order valence-corrected chi connectivity index (χ1v) is 12.1. The molecule has 0 amide bonds. The Morgan fingerprint density at radius 1 is 1.18 bits per heavy atom. The van der Waals surface area contributed by atoms with E-state index in [4.69, 9.17) is 0 Å². The van der Waals surface area contributed by atoms with Crippen LogP contribution in [0.15, 0.2) is 11.6 Å². The summed E-state index contributed by atoms with van der Waals surface area (Å²) in [5.41, 5.74) is 1.94. The Labute approximate surface area is 172 Å². The number of aliphatic hydroxyl groups is 1. The molecule has 0 saturated heterocycles. The summed E-state index contributed by atoms with van der Waals surface area (Å²) in [6.07, 6.45) is 16.2. The Kier molecular flexibility index (Phi) is 5.35. The number of carbonyl (C=O) groups is 1. The van der Waals surface area contributed by atoms with Crippen LogP contribution in [0.4, 0.5) is 0 Å². The SMILES string of the molecule is CC[C@]1(O)CC[C@@]2(C)C(=CC[C@H]3[C@@H]4CC[C@H]([C@H](C)CCC=O)[C@@]4(C)CC[C@@H]32)C1. The highest BCUT2D eigenvalue weighted by molar-refractivity contribution is 5.49. The zero-order valence-corrected chi connectivity index (χ0v) is 18.7. The minimum Gasteiger partial charge on any atom is -0.390 e. The molecule has 4 rings (SSSR count). The molecule has 0 spiro atoms. The number of allylic oxidation sites excluding steroid dienone is 1. The van der Waals surface area contributed by atoms with Crippen molar-refractivity contribution in [3.05, 3.63) is 11.6 Å². The predicted molar refractivity (Wildman–Crippen MR) is 115 cm³/mol. The molecule has 0 aromatic rings. The van der Waals surface area contributed by atoms with Gasteiger partial charge in [0.2, 0.25) is 0 Å². The maximum absolute atomic E-state index is 10.9. The Morgan fingerprint density at radius 2 is 1.96 bits per heavy atom. The van der Waals surface area contributed by atoms with Crippen LogP contribution in [0.3, 0.4) is 0 Å². The second-order valence-corrected chi connectivity index (χ2v) is 11.5. The van der Waals surface area contributed by atoms with Crippen LogP contribution in [0.2, 0.25) is 0 Å². The molecule has 2 heteroatoms. The molecule has 0 aromatic carbocycles. The second kappa shape index (κ2) is 7.25. The van der Waals surface area contributed by atoms with Crippen molar-refractivity contribution in [2.24, 2.45) is 40.4 Å². The lowest BCUT2D eigenvalue weighted by molar-refractivity contribution is -0.108. The van der Waals surface area contributed by atoms with Gasteiger partial charge in [-0.3, -0.25) is 0 Å². The summed E-state index contributed by atoms with van der Waals surface area (Å²) in [4.78, 5) is 10.9. The molecule has 158 valence electrons. The molecular weight excluding hydrogens is 344 g/mol. The van der Waals surface area contributed by atoms with Gasteiger partial charge in [-0.1, -0.05) is 39.3 Å². The predicted octanol–water partition coefficient (Wildman–Crippen LogP) is 6.32. The first-order chi connectivity index (χ1) is 13.3. The van der Waals surface area contributed by atoms with Crippen molar-refractivity contribution >= 4 is 6.29 Å². The fourth-order valence-corrected chi connectivity index (χ4v) is 8.52. The van der Waals surface area contributed by atoms with Crippen LogP contribution in [0.1, 0.15) is 98.3 Å². The highest BCUT2D eigenvalue weighted by Gasteiger charge is 2.59. The van der Waals surface area contributed by atoms with Crippen LogP contribution in [0.5, 0.6) is 0 Å². The summed E-state index contributed by atoms with van der Waals surface area (Å²) in [5.74, 6) is 3.99. The van der Waals surface area contributed by atoms with Crippen molar-refractivity contribution in [1.29, 1.82) is 0 Å². The molecule has 28 heavy (non-hydrogen) atoms. The van der Waals surface area contributed by atoms with E-state index in [-0.39, 0.29) is 0 Å². The third-order valence-corrected chi connectivity index (χ3v) is 10.4. The van der Waals surface area contributed by atoms with Gasteiger partial charge in [-0.25, -0.2) is 0 Å². The highest BCUT2D eigenvalue weighted by Crippen LogP contribution is 2.67. The van der Waals surface area contributed by atoms with E-state index >= 15 is 0 Å². The lowest BCUT2D eigenvalue weighted by atomic mass is 9.46. The number of hydrogen-bond acceptors (Lipinski definition) is 2. The van der Waals surface area contributed by atoms with E-state index in [0.717, 1.165) is 62.1 Å². The number of carbonyl (C=O) groups excluding carboxylic acids is 1. The Bertz CT molecular complexity index is 638. The van der Waals surface area contributed by atoms with E-state index < -0.39 is 5.60 Å². The zero-order valence-electron chi connectivity index (χ0n) is 18.7. The monoisotopic (exact) mass is 386 g/mol. The molecule has 4 aliphatic carbocycles. The van der Waals surface area contributed by atoms with E-state index in [9.17, 15) is 9.90 Å². The summed E-state index contributed by atoms with van der Waals surface area (Å²) in [6, 6.07) is 0. The lowest BCUT2D eigenvalue weighted by Gasteiger charge is -2.59. The number of rotatable bonds is 5. The molecule has 0 aromatic heterocycles. The maximum atomic E-state index is 10.9. The minimum atomic E-state index is -0.451. The van der Waals surface area contributed by atoms with E-state index in [1.54, 1.807) is 5.57 Å². The van der Waals surface area contributed by atoms with Crippen LogP contribution in [-0.4, -0.2) is 17.0 Å². The molecule has 0 aliphatic heterocycles. The zero-order chi connectivity index (χ0) is 20.2. The van der Waals surface area contributed by atoms with Crippen molar-refractivity contribution in [2.45, 2.75) is 104 Å². The first kappa shape index (κ1) is 20.6. The molecule has 2 nitrogen and oxygen atoms in total. The van der Waals surface area contributed by atoms with E-state index in [1.807, 2.05) is 0 Å². The van der Waals surface area contributed by atoms with Crippen LogP contribution in [-0.2, 0) is 4.79 Å². The molecule has 0 unspecified atom stereocenters. The topological polar surface area (TPSA) is 37.3 Å². The Hall–Kier alpha value is -0.630. The lowest BCUT2D eigenvalue weighted by Crippen LogP contribution is -2.52. The van der Waals surface area contributed by atoms with Crippen molar-refractivity contribution in [2.75, 3.05) is 0 Å². The molecule has 3 saturated carbocycles. The first-order valence-electron chi connectivity index (χ1n) is 12.1. The fourth-order valence-electron chi connectivity index (χ4n) is 8.52. The van der Waals surface area contributed by atoms with Gasteiger partial charge in [0.25, 0.3) is 0 Å². The summed E-state index contributed by atoms with van der Waals surface area (Å²) >= 11 is 0. The molecule has 4 aliphatic rings. The van der Waals surface area contributed by atoms with Gasteiger partial charge in [-0.15, -0.1) is 0 Å². The molecule has 3 fully saturated rings. The quantitative estimate of drug-likeness (QED) is 0.443. The molecule has 0 radical (unpaired) electrons. The standard InChI is InChI=1S/C26H42O2/c1-5-26(28)15-14-24(3)19(17-26)8-9-20-22-11-10-21(18(2)7-6-16-27)25(22,4)13-12-23(20)24/h8,16,18,20-23,28H,5-7,9-15,17H2,1-4H3/t18-,20+,21-,22+,23+,24+,25-,26+/m1/s1. The van der Waals surface area contributed by atoms with Gasteiger partial charge in [-0.05, 0) is 105 Å². The smallest absolute Gasteiger partial charge is 0.120 e. The molecule has 1 N–H and O–H groups in total. The summed E-state index contributed by atoms with van der Waals surface area (Å²) in [5, 5.41) is 10.9. The van der Waals surface area contributed by atoms with Crippen LogP contribution in [0, 0.1) is 40.4 Å². The fraction of sp³-hybridized carbons (Fsp3) is 0.885.